The van der Waals surface area contributed by atoms with E-state index in [0.717, 1.165) is 0 Å². The SMILES string of the molecule is CC.NC(=O)c1ccc(NCC(F)(F)CF)c(N)c1.NC(=O)c1ccc(NCCF)c(N)c1. The molecule has 0 bridgehead atoms. The van der Waals surface area contributed by atoms with Crippen molar-refractivity contribution in [3.8, 4) is 0 Å². The molecule has 10 N–H and O–H groups in total. The lowest BCUT2D eigenvalue weighted by atomic mass is 10.1. The molecular formula is C21H30F4N6O2. The maximum absolute atomic E-state index is 12.6. The molecule has 0 saturated heterocycles. The van der Waals surface area contributed by atoms with E-state index in [-0.39, 0.29) is 23.5 Å². The van der Waals surface area contributed by atoms with Crippen molar-refractivity contribution in [1.29, 1.82) is 0 Å². The largest absolute Gasteiger partial charge is 0.397 e. The zero-order valence-electron chi connectivity index (χ0n) is 18.4. The van der Waals surface area contributed by atoms with Crippen molar-refractivity contribution in [3.63, 3.8) is 0 Å². The first-order valence-corrected chi connectivity index (χ1v) is 9.87. The standard InChI is InChI=1S/C10H12F3N3O.C9H12FN3O.C2H6/c11-4-10(12,13)5-16-8-2-1-6(9(15)17)3-7(8)14;10-3-4-13-8-2-1-6(9(12)14)5-7(8)11;1-2/h1-3,16H,4-5,14H2,(H2,15,17);1-2,5,13H,3-4,11H2,(H2,12,14);1-2H3. The Morgan fingerprint density at radius 2 is 1.27 bits per heavy atom. The van der Waals surface area contributed by atoms with Crippen LogP contribution in [0.2, 0.25) is 0 Å². The summed E-state index contributed by atoms with van der Waals surface area (Å²) in [6.07, 6.45) is 0. The maximum Gasteiger partial charge on any atom is 0.292 e. The third kappa shape index (κ3) is 10.4. The summed E-state index contributed by atoms with van der Waals surface area (Å²) < 4.78 is 49.0. The fourth-order valence-electron chi connectivity index (χ4n) is 2.21. The van der Waals surface area contributed by atoms with Crippen molar-refractivity contribution in [2.45, 2.75) is 19.8 Å². The number of nitrogens with two attached hydrogens (primary N) is 4. The second-order valence-corrected chi connectivity index (χ2v) is 6.29. The van der Waals surface area contributed by atoms with Crippen LogP contribution >= 0.6 is 0 Å². The van der Waals surface area contributed by atoms with Gasteiger partial charge < -0.3 is 33.6 Å². The quantitative estimate of drug-likeness (QED) is 0.242. The number of anilines is 4. The zero-order valence-corrected chi connectivity index (χ0v) is 18.4. The Hall–Kier alpha value is -3.70. The van der Waals surface area contributed by atoms with E-state index in [1.807, 2.05) is 13.8 Å². The van der Waals surface area contributed by atoms with Gasteiger partial charge in [-0.2, -0.15) is 0 Å². The first kappa shape index (κ1) is 29.3. The molecule has 0 aliphatic carbocycles. The molecule has 2 rings (SSSR count). The highest BCUT2D eigenvalue weighted by molar-refractivity contribution is 5.95. The number of benzene rings is 2. The molecule has 0 spiro atoms. The number of nitrogen functional groups attached to an aromatic ring is 2. The Kier molecular flexibility index (Phi) is 12.8. The van der Waals surface area contributed by atoms with E-state index in [4.69, 9.17) is 22.9 Å². The molecule has 8 nitrogen and oxygen atoms in total. The van der Waals surface area contributed by atoms with Crippen molar-refractivity contribution >= 4 is 34.6 Å². The van der Waals surface area contributed by atoms with Gasteiger partial charge in [-0.05, 0) is 36.4 Å². The van der Waals surface area contributed by atoms with E-state index >= 15 is 0 Å². The number of halogens is 4. The van der Waals surface area contributed by atoms with E-state index in [1.54, 1.807) is 12.1 Å². The predicted octanol–water partition coefficient (Wildman–Crippen LogP) is 3.16. The van der Waals surface area contributed by atoms with Crippen LogP contribution in [0.25, 0.3) is 0 Å². The van der Waals surface area contributed by atoms with Crippen LogP contribution in [0.3, 0.4) is 0 Å². The summed E-state index contributed by atoms with van der Waals surface area (Å²) >= 11 is 0. The lowest BCUT2D eigenvalue weighted by Crippen LogP contribution is -2.29. The smallest absolute Gasteiger partial charge is 0.292 e. The van der Waals surface area contributed by atoms with Crippen molar-refractivity contribution in [2.24, 2.45) is 11.5 Å². The topological polar surface area (TPSA) is 162 Å². The zero-order chi connectivity index (χ0) is 25.6. The van der Waals surface area contributed by atoms with Crippen LogP contribution in [0, 0.1) is 0 Å². The Balaban J connectivity index is 0.000000586. The number of carbonyl (C=O) groups is 2. The highest BCUT2D eigenvalue weighted by Gasteiger charge is 2.28. The van der Waals surface area contributed by atoms with Gasteiger partial charge in [-0.3, -0.25) is 9.59 Å². The average Bonchev–Trinajstić information content (AvgIpc) is 2.79. The molecule has 0 atom stereocenters. The van der Waals surface area contributed by atoms with Crippen molar-refractivity contribution in [1.82, 2.24) is 0 Å². The molecule has 0 radical (unpaired) electrons. The number of alkyl halides is 4. The van der Waals surface area contributed by atoms with E-state index in [2.05, 4.69) is 10.6 Å². The second-order valence-electron chi connectivity index (χ2n) is 6.29. The van der Waals surface area contributed by atoms with Crippen molar-refractivity contribution in [2.75, 3.05) is 48.5 Å². The summed E-state index contributed by atoms with van der Waals surface area (Å²) in [7, 11) is 0. The van der Waals surface area contributed by atoms with Gasteiger partial charge in [0.1, 0.15) is 6.67 Å². The van der Waals surface area contributed by atoms with Crippen LogP contribution in [0.15, 0.2) is 36.4 Å². The minimum Gasteiger partial charge on any atom is -0.397 e. The third-order valence-corrected chi connectivity index (χ3v) is 3.82. The number of hydrogen-bond acceptors (Lipinski definition) is 6. The number of primary amides is 2. The fraction of sp³-hybridized carbons (Fsp3) is 0.333. The molecule has 2 aromatic carbocycles. The summed E-state index contributed by atoms with van der Waals surface area (Å²) in [5.74, 6) is -4.65. The van der Waals surface area contributed by atoms with Gasteiger partial charge in [-0.25, -0.2) is 17.6 Å². The molecule has 0 unspecified atom stereocenters. The molecule has 0 aliphatic rings. The van der Waals surface area contributed by atoms with Gasteiger partial charge in [0, 0.05) is 17.7 Å². The van der Waals surface area contributed by atoms with Gasteiger partial charge in [-0.15, -0.1) is 0 Å². The van der Waals surface area contributed by atoms with E-state index in [0.29, 0.717) is 16.9 Å². The lowest BCUT2D eigenvalue weighted by Gasteiger charge is -2.15. The molecule has 0 saturated carbocycles. The van der Waals surface area contributed by atoms with Gasteiger partial charge in [0.05, 0.1) is 29.3 Å². The van der Waals surface area contributed by atoms with Crippen LogP contribution in [-0.4, -0.2) is 44.2 Å². The molecule has 0 heterocycles. The summed E-state index contributed by atoms with van der Waals surface area (Å²) in [6, 6.07) is 8.55. The Morgan fingerprint density at radius 1 is 0.848 bits per heavy atom. The van der Waals surface area contributed by atoms with Gasteiger partial charge in [0.15, 0.2) is 6.67 Å². The maximum atomic E-state index is 12.6. The normalized spacial score (nSPS) is 10.1. The van der Waals surface area contributed by atoms with Crippen molar-refractivity contribution < 1.29 is 27.2 Å². The molecule has 0 aromatic heterocycles. The monoisotopic (exact) mass is 474 g/mol. The summed E-state index contributed by atoms with van der Waals surface area (Å²) in [5, 5.41) is 5.08. The summed E-state index contributed by atoms with van der Waals surface area (Å²) in [4.78, 5) is 21.6. The molecule has 33 heavy (non-hydrogen) atoms. The Bertz CT molecular complexity index is 912. The first-order valence-electron chi connectivity index (χ1n) is 9.87. The van der Waals surface area contributed by atoms with Crippen LogP contribution < -0.4 is 33.6 Å². The summed E-state index contributed by atoms with van der Waals surface area (Å²) in [6.45, 7) is 1.10. The minimum atomic E-state index is -3.45. The highest BCUT2D eigenvalue weighted by atomic mass is 19.3. The summed E-state index contributed by atoms with van der Waals surface area (Å²) in [5.41, 5.74) is 23.0. The van der Waals surface area contributed by atoms with Gasteiger partial charge >= 0.3 is 0 Å². The number of nitrogens with one attached hydrogen (secondary N) is 2. The number of rotatable bonds is 9. The Morgan fingerprint density at radius 3 is 1.61 bits per heavy atom. The van der Waals surface area contributed by atoms with Crippen LogP contribution in [0.4, 0.5) is 40.3 Å². The molecule has 184 valence electrons. The first-order chi connectivity index (χ1) is 15.5. The molecule has 2 aromatic rings. The van der Waals surface area contributed by atoms with Crippen LogP contribution in [0.5, 0.6) is 0 Å². The molecular weight excluding hydrogens is 444 g/mol. The van der Waals surface area contributed by atoms with Gasteiger partial charge in [-0.1, -0.05) is 13.8 Å². The second kappa shape index (κ2) is 14.4. The highest BCUT2D eigenvalue weighted by Crippen LogP contribution is 2.22. The third-order valence-electron chi connectivity index (χ3n) is 3.82. The van der Waals surface area contributed by atoms with E-state index in [9.17, 15) is 27.2 Å². The number of hydrogen-bond donors (Lipinski definition) is 6. The van der Waals surface area contributed by atoms with Gasteiger partial charge in [0.2, 0.25) is 11.8 Å². The fourth-order valence-corrected chi connectivity index (χ4v) is 2.21. The number of amides is 2. The molecule has 12 heteroatoms. The van der Waals surface area contributed by atoms with Gasteiger partial charge in [0.25, 0.3) is 5.92 Å². The van der Waals surface area contributed by atoms with Crippen LogP contribution in [0.1, 0.15) is 34.6 Å². The lowest BCUT2D eigenvalue weighted by molar-refractivity contribution is -0.00881. The predicted molar refractivity (Wildman–Crippen MR) is 124 cm³/mol. The molecule has 0 aliphatic heterocycles. The number of carbonyl (C=O) groups excluding carboxylic acids is 2. The van der Waals surface area contributed by atoms with Crippen LogP contribution in [-0.2, 0) is 0 Å². The minimum absolute atomic E-state index is 0.0935. The Labute approximate surface area is 189 Å². The van der Waals surface area contributed by atoms with E-state index < -0.39 is 37.6 Å². The molecule has 2 amide bonds. The van der Waals surface area contributed by atoms with Crippen molar-refractivity contribution in [3.05, 3.63) is 47.5 Å². The molecule has 0 fully saturated rings. The van der Waals surface area contributed by atoms with E-state index in [1.165, 1.54) is 24.3 Å². The average molecular weight is 475 g/mol.